The summed E-state index contributed by atoms with van der Waals surface area (Å²) in [7, 11) is 2.08. The van der Waals surface area contributed by atoms with Crippen molar-refractivity contribution < 1.29 is 14.3 Å². The first-order valence-electron chi connectivity index (χ1n) is 7.02. The van der Waals surface area contributed by atoms with Gasteiger partial charge in [-0.05, 0) is 38.9 Å². The van der Waals surface area contributed by atoms with Gasteiger partial charge < -0.3 is 20.1 Å². The second-order valence-electron chi connectivity index (χ2n) is 5.00. The minimum Gasteiger partial charge on any atom is -0.489 e. The van der Waals surface area contributed by atoms with Gasteiger partial charge in [-0.15, -0.1) is 0 Å². The summed E-state index contributed by atoms with van der Waals surface area (Å²) in [6.45, 7) is 3.43. The van der Waals surface area contributed by atoms with Gasteiger partial charge in [0.1, 0.15) is 12.2 Å². The minimum atomic E-state index is -0.398. The van der Waals surface area contributed by atoms with Gasteiger partial charge in [0.15, 0.2) is 5.75 Å². The number of benzene rings is 1. The molecule has 5 heteroatoms. The molecule has 20 heavy (non-hydrogen) atoms. The Labute approximate surface area is 119 Å². The van der Waals surface area contributed by atoms with Gasteiger partial charge >= 0.3 is 5.97 Å². The average molecular weight is 278 g/mol. The molecule has 0 unspecified atom stereocenters. The highest BCUT2D eigenvalue weighted by molar-refractivity contribution is 5.94. The van der Waals surface area contributed by atoms with Crippen LogP contribution in [0.15, 0.2) is 18.2 Å². The molecular formula is C15H22N2O3. The van der Waals surface area contributed by atoms with Crippen molar-refractivity contribution >= 4 is 11.7 Å². The van der Waals surface area contributed by atoms with E-state index in [0.29, 0.717) is 36.3 Å². The van der Waals surface area contributed by atoms with E-state index < -0.39 is 5.97 Å². The predicted octanol–water partition coefficient (Wildman–Crippen LogP) is 1.92. The lowest BCUT2D eigenvalue weighted by atomic mass is 10.1. The molecule has 2 N–H and O–H groups in total. The molecule has 1 saturated carbocycles. The van der Waals surface area contributed by atoms with Crippen LogP contribution in [-0.4, -0.2) is 43.7 Å². The molecular weight excluding hydrogens is 256 g/mol. The van der Waals surface area contributed by atoms with E-state index in [4.69, 9.17) is 15.2 Å². The van der Waals surface area contributed by atoms with Crippen molar-refractivity contribution in [2.75, 3.05) is 32.5 Å². The smallest absolute Gasteiger partial charge is 0.341 e. The van der Waals surface area contributed by atoms with E-state index in [9.17, 15) is 4.79 Å². The molecule has 1 aliphatic rings. The Hall–Kier alpha value is -1.75. The molecule has 1 aromatic carbocycles. The van der Waals surface area contributed by atoms with E-state index in [1.165, 1.54) is 12.8 Å². The van der Waals surface area contributed by atoms with Crippen LogP contribution < -0.4 is 10.5 Å². The van der Waals surface area contributed by atoms with Crippen LogP contribution in [0.4, 0.5) is 5.69 Å². The first kappa shape index (κ1) is 14.7. The second kappa shape index (κ2) is 6.61. The SMILES string of the molecule is CCOC(=O)c1cccc(N)c1OCCN(C)C1CC1. The number of nitrogens with zero attached hydrogens (tertiary/aromatic N) is 1. The fourth-order valence-electron chi connectivity index (χ4n) is 2.08. The van der Waals surface area contributed by atoms with Gasteiger partial charge in [0.05, 0.1) is 12.3 Å². The number of carbonyl (C=O) groups is 1. The third kappa shape index (κ3) is 3.63. The summed E-state index contributed by atoms with van der Waals surface area (Å²) in [6, 6.07) is 5.82. The van der Waals surface area contributed by atoms with Crippen molar-refractivity contribution in [1.29, 1.82) is 0 Å². The molecule has 110 valence electrons. The normalized spacial score (nSPS) is 14.3. The van der Waals surface area contributed by atoms with Crippen LogP contribution in [0.5, 0.6) is 5.75 Å². The third-order valence-corrected chi connectivity index (χ3v) is 3.40. The zero-order chi connectivity index (χ0) is 14.5. The highest BCUT2D eigenvalue weighted by atomic mass is 16.5. The van der Waals surface area contributed by atoms with Crippen LogP contribution in [0.3, 0.4) is 0 Å². The van der Waals surface area contributed by atoms with Gasteiger partial charge in [-0.1, -0.05) is 6.07 Å². The maximum atomic E-state index is 11.9. The van der Waals surface area contributed by atoms with Crippen LogP contribution in [0.25, 0.3) is 0 Å². The van der Waals surface area contributed by atoms with Crippen molar-refractivity contribution in [3.63, 3.8) is 0 Å². The lowest BCUT2D eigenvalue weighted by Gasteiger charge is -2.17. The molecule has 1 aliphatic carbocycles. The number of para-hydroxylation sites is 1. The number of ether oxygens (including phenoxy) is 2. The molecule has 1 aromatic rings. The van der Waals surface area contributed by atoms with Crippen molar-refractivity contribution in [2.45, 2.75) is 25.8 Å². The topological polar surface area (TPSA) is 64.8 Å². The van der Waals surface area contributed by atoms with Crippen molar-refractivity contribution in [1.82, 2.24) is 4.90 Å². The Morgan fingerprint density at radius 2 is 2.20 bits per heavy atom. The molecule has 2 rings (SSSR count). The van der Waals surface area contributed by atoms with Gasteiger partial charge in [0.2, 0.25) is 0 Å². The minimum absolute atomic E-state index is 0.331. The molecule has 0 heterocycles. The fourth-order valence-corrected chi connectivity index (χ4v) is 2.08. The monoisotopic (exact) mass is 278 g/mol. The molecule has 5 nitrogen and oxygen atoms in total. The van der Waals surface area contributed by atoms with Crippen LogP contribution in [0.2, 0.25) is 0 Å². The number of carbonyl (C=O) groups excluding carboxylic acids is 1. The molecule has 0 atom stereocenters. The summed E-state index contributed by atoms with van der Waals surface area (Å²) in [5.41, 5.74) is 6.75. The van der Waals surface area contributed by atoms with E-state index in [1.807, 2.05) is 0 Å². The molecule has 0 radical (unpaired) electrons. The van der Waals surface area contributed by atoms with Crippen LogP contribution in [0.1, 0.15) is 30.1 Å². The Morgan fingerprint density at radius 1 is 1.45 bits per heavy atom. The van der Waals surface area contributed by atoms with Gasteiger partial charge in [0, 0.05) is 12.6 Å². The molecule has 1 fully saturated rings. The summed E-state index contributed by atoms with van der Waals surface area (Å²) in [4.78, 5) is 14.1. The van der Waals surface area contributed by atoms with Crippen molar-refractivity contribution in [3.05, 3.63) is 23.8 Å². The Balaban J connectivity index is 1.99. The molecule has 0 amide bonds. The maximum absolute atomic E-state index is 11.9. The highest BCUT2D eigenvalue weighted by Gasteiger charge is 2.25. The summed E-state index contributed by atoms with van der Waals surface area (Å²) < 4.78 is 10.7. The van der Waals surface area contributed by atoms with E-state index in [1.54, 1.807) is 25.1 Å². The summed E-state index contributed by atoms with van der Waals surface area (Å²) in [5, 5.41) is 0. The summed E-state index contributed by atoms with van der Waals surface area (Å²) in [5.74, 6) is 0.0282. The number of likely N-dealkylation sites (N-methyl/N-ethyl adjacent to an activating group) is 1. The van der Waals surface area contributed by atoms with Gasteiger partial charge in [-0.2, -0.15) is 0 Å². The fraction of sp³-hybridized carbons (Fsp3) is 0.533. The number of nitrogen functional groups attached to an aromatic ring is 1. The average Bonchev–Trinajstić information content (AvgIpc) is 3.25. The molecule has 0 saturated heterocycles. The Morgan fingerprint density at radius 3 is 2.85 bits per heavy atom. The predicted molar refractivity (Wildman–Crippen MR) is 78.0 cm³/mol. The molecule has 0 spiro atoms. The number of anilines is 1. The van der Waals surface area contributed by atoms with E-state index in [-0.39, 0.29) is 0 Å². The number of nitrogens with two attached hydrogens (primary N) is 1. The quantitative estimate of drug-likeness (QED) is 0.610. The second-order valence-corrected chi connectivity index (χ2v) is 5.00. The van der Waals surface area contributed by atoms with Crippen LogP contribution in [0, 0.1) is 0 Å². The third-order valence-electron chi connectivity index (χ3n) is 3.40. The number of hydrogen-bond donors (Lipinski definition) is 1. The van der Waals surface area contributed by atoms with Gasteiger partial charge in [-0.3, -0.25) is 0 Å². The first-order valence-corrected chi connectivity index (χ1v) is 7.02. The number of esters is 1. The zero-order valence-corrected chi connectivity index (χ0v) is 12.1. The standard InChI is InChI=1S/C15H22N2O3/c1-3-19-15(18)12-5-4-6-13(16)14(12)20-10-9-17(2)11-7-8-11/h4-6,11H,3,7-10,16H2,1-2H3. The summed E-state index contributed by atoms with van der Waals surface area (Å²) in [6.07, 6.45) is 2.52. The van der Waals surface area contributed by atoms with Gasteiger partial charge in [-0.25, -0.2) is 4.79 Å². The Kier molecular flexibility index (Phi) is 4.84. The summed E-state index contributed by atoms with van der Waals surface area (Å²) >= 11 is 0. The van der Waals surface area contributed by atoms with E-state index in [2.05, 4.69) is 11.9 Å². The molecule has 0 aliphatic heterocycles. The van der Waals surface area contributed by atoms with E-state index in [0.717, 1.165) is 6.54 Å². The number of hydrogen-bond acceptors (Lipinski definition) is 5. The van der Waals surface area contributed by atoms with Gasteiger partial charge in [0.25, 0.3) is 0 Å². The number of rotatable bonds is 7. The van der Waals surface area contributed by atoms with Crippen molar-refractivity contribution in [2.24, 2.45) is 0 Å². The maximum Gasteiger partial charge on any atom is 0.341 e. The zero-order valence-electron chi connectivity index (χ0n) is 12.1. The largest absolute Gasteiger partial charge is 0.489 e. The molecule has 0 aromatic heterocycles. The first-order chi connectivity index (χ1) is 9.63. The van der Waals surface area contributed by atoms with Crippen LogP contribution in [-0.2, 0) is 4.74 Å². The highest BCUT2D eigenvalue weighted by Crippen LogP contribution is 2.28. The lowest BCUT2D eigenvalue weighted by Crippen LogP contribution is -2.26. The lowest BCUT2D eigenvalue weighted by molar-refractivity contribution is 0.0521. The van der Waals surface area contributed by atoms with Crippen molar-refractivity contribution in [3.8, 4) is 5.75 Å². The Bertz CT molecular complexity index is 472. The van der Waals surface area contributed by atoms with Crippen LogP contribution >= 0.6 is 0 Å². The van der Waals surface area contributed by atoms with E-state index >= 15 is 0 Å². The molecule has 0 bridgehead atoms.